The van der Waals surface area contributed by atoms with Crippen molar-refractivity contribution in [1.82, 2.24) is 15.5 Å². The fourth-order valence-electron chi connectivity index (χ4n) is 2.72. The van der Waals surface area contributed by atoms with E-state index >= 15 is 0 Å². The van der Waals surface area contributed by atoms with Crippen LogP contribution in [0.2, 0.25) is 0 Å². The van der Waals surface area contributed by atoms with Crippen LogP contribution in [0.25, 0.3) is 0 Å². The number of nitrogens with one attached hydrogen (secondary N) is 1. The highest BCUT2D eigenvalue weighted by Crippen LogP contribution is 2.40. The molecule has 1 aliphatic rings. The SMILES string of the molecule is Cc1nc(C2(NC(=O)CC(O)c3ccccc3)CCC2)no1. The lowest BCUT2D eigenvalue weighted by Gasteiger charge is -2.39. The molecule has 6 nitrogen and oxygen atoms in total. The Kier molecular flexibility index (Phi) is 3.94. The van der Waals surface area contributed by atoms with Crippen molar-refractivity contribution in [2.45, 2.75) is 44.2 Å². The Labute approximate surface area is 128 Å². The van der Waals surface area contributed by atoms with Gasteiger partial charge in [0.2, 0.25) is 11.8 Å². The molecule has 1 unspecified atom stereocenters. The molecular formula is C16H19N3O3. The Morgan fingerprint density at radius 3 is 2.68 bits per heavy atom. The van der Waals surface area contributed by atoms with Crippen molar-refractivity contribution in [3.05, 3.63) is 47.6 Å². The number of rotatable bonds is 5. The molecule has 3 rings (SSSR count). The van der Waals surface area contributed by atoms with Gasteiger partial charge in [0.15, 0.2) is 5.82 Å². The third-order valence-electron chi connectivity index (χ3n) is 4.10. The van der Waals surface area contributed by atoms with Gasteiger partial charge >= 0.3 is 0 Å². The summed E-state index contributed by atoms with van der Waals surface area (Å²) in [6, 6.07) is 9.16. The molecule has 1 aromatic carbocycles. The fourth-order valence-corrected chi connectivity index (χ4v) is 2.72. The molecule has 0 radical (unpaired) electrons. The Hall–Kier alpha value is -2.21. The van der Waals surface area contributed by atoms with Gasteiger partial charge in [-0.05, 0) is 24.8 Å². The van der Waals surface area contributed by atoms with Crippen molar-refractivity contribution < 1.29 is 14.4 Å². The van der Waals surface area contributed by atoms with E-state index in [0.717, 1.165) is 24.8 Å². The number of benzene rings is 1. The van der Waals surface area contributed by atoms with Crippen molar-refractivity contribution >= 4 is 5.91 Å². The smallest absolute Gasteiger partial charge is 0.223 e. The first-order chi connectivity index (χ1) is 10.6. The maximum Gasteiger partial charge on any atom is 0.223 e. The fraction of sp³-hybridized carbons (Fsp3) is 0.438. The van der Waals surface area contributed by atoms with Gasteiger partial charge in [-0.15, -0.1) is 0 Å². The third-order valence-corrected chi connectivity index (χ3v) is 4.10. The molecule has 1 heterocycles. The summed E-state index contributed by atoms with van der Waals surface area (Å²) in [5.41, 5.74) is 0.196. The number of hydrogen-bond donors (Lipinski definition) is 2. The molecule has 1 fully saturated rings. The summed E-state index contributed by atoms with van der Waals surface area (Å²) in [5, 5.41) is 17.1. The van der Waals surface area contributed by atoms with Gasteiger partial charge in [0, 0.05) is 6.92 Å². The number of aryl methyl sites for hydroxylation is 1. The van der Waals surface area contributed by atoms with Crippen molar-refractivity contribution in [2.24, 2.45) is 0 Å². The second-order valence-electron chi connectivity index (χ2n) is 5.75. The minimum absolute atomic E-state index is 0.0165. The van der Waals surface area contributed by atoms with Crippen LogP contribution in [0.5, 0.6) is 0 Å². The molecule has 0 bridgehead atoms. The standard InChI is InChI=1S/C16H19N3O3/c1-11-17-15(19-22-11)16(8-5-9-16)18-14(21)10-13(20)12-6-3-2-4-7-12/h2-4,6-7,13,20H,5,8-10H2,1H3,(H,18,21). The highest BCUT2D eigenvalue weighted by molar-refractivity contribution is 5.77. The highest BCUT2D eigenvalue weighted by Gasteiger charge is 2.44. The summed E-state index contributed by atoms with van der Waals surface area (Å²) >= 11 is 0. The minimum atomic E-state index is -0.815. The first-order valence-corrected chi connectivity index (χ1v) is 7.44. The van der Waals surface area contributed by atoms with Gasteiger partial charge in [0.05, 0.1) is 12.5 Å². The monoisotopic (exact) mass is 301 g/mol. The molecule has 0 aliphatic heterocycles. The zero-order chi connectivity index (χ0) is 15.6. The molecule has 6 heteroatoms. The third kappa shape index (κ3) is 2.87. The van der Waals surface area contributed by atoms with E-state index < -0.39 is 11.6 Å². The van der Waals surface area contributed by atoms with Crippen molar-refractivity contribution in [1.29, 1.82) is 0 Å². The van der Waals surface area contributed by atoms with E-state index in [1.54, 1.807) is 19.1 Å². The quantitative estimate of drug-likeness (QED) is 0.881. The van der Waals surface area contributed by atoms with E-state index in [0.29, 0.717) is 11.7 Å². The van der Waals surface area contributed by atoms with Gasteiger partial charge in [-0.3, -0.25) is 4.79 Å². The normalized spacial score (nSPS) is 17.5. The van der Waals surface area contributed by atoms with Gasteiger partial charge in [-0.1, -0.05) is 35.5 Å². The number of amides is 1. The number of hydrogen-bond acceptors (Lipinski definition) is 5. The van der Waals surface area contributed by atoms with Crippen LogP contribution in [-0.2, 0) is 10.3 Å². The molecule has 0 saturated heterocycles. The Balaban J connectivity index is 1.66. The zero-order valence-electron chi connectivity index (χ0n) is 12.5. The molecule has 0 spiro atoms. The summed E-state index contributed by atoms with van der Waals surface area (Å²) < 4.78 is 5.02. The maximum absolute atomic E-state index is 12.3. The van der Waals surface area contributed by atoms with E-state index in [1.165, 1.54) is 0 Å². The van der Waals surface area contributed by atoms with Crippen LogP contribution in [0.1, 0.15) is 49.1 Å². The van der Waals surface area contributed by atoms with Crippen molar-refractivity contribution in [3.8, 4) is 0 Å². The van der Waals surface area contributed by atoms with Crippen LogP contribution < -0.4 is 5.32 Å². The molecular weight excluding hydrogens is 282 g/mol. The molecule has 1 aromatic heterocycles. The summed E-state index contributed by atoms with van der Waals surface area (Å²) in [6.45, 7) is 1.73. The van der Waals surface area contributed by atoms with E-state index in [4.69, 9.17) is 4.52 Å². The Bertz CT molecular complexity index is 650. The number of aliphatic hydroxyl groups is 1. The molecule has 116 valence electrons. The van der Waals surface area contributed by atoms with Crippen LogP contribution in [0, 0.1) is 6.92 Å². The number of aromatic nitrogens is 2. The lowest BCUT2D eigenvalue weighted by molar-refractivity contribution is -0.126. The van der Waals surface area contributed by atoms with Crippen LogP contribution in [0.3, 0.4) is 0 Å². The molecule has 1 amide bonds. The number of aliphatic hydroxyl groups excluding tert-OH is 1. The first kappa shape index (κ1) is 14.7. The van der Waals surface area contributed by atoms with Crippen LogP contribution in [0.4, 0.5) is 0 Å². The van der Waals surface area contributed by atoms with Crippen LogP contribution in [0.15, 0.2) is 34.9 Å². The number of carbonyl (C=O) groups excluding carboxylic acids is 1. The Morgan fingerprint density at radius 1 is 1.41 bits per heavy atom. The van der Waals surface area contributed by atoms with Gasteiger partial charge < -0.3 is 14.9 Å². The van der Waals surface area contributed by atoms with E-state index in [9.17, 15) is 9.90 Å². The lowest BCUT2D eigenvalue weighted by atomic mass is 9.76. The maximum atomic E-state index is 12.3. The van der Waals surface area contributed by atoms with Gasteiger partial charge in [0.1, 0.15) is 5.54 Å². The molecule has 1 atom stereocenters. The average Bonchev–Trinajstić information content (AvgIpc) is 2.90. The van der Waals surface area contributed by atoms with E-state index in [1.807, 2.05) is 18.2 Å². The second-order valence-corrected chi connectivity index (χ2v) is 5.75. The molecule has 1 aliphatic carbocycles. The van der Waals surface area contributed by atoms with Crippen molar-refractivity contribution in [3.63, 3.8) is 0 Å². The summed E-state index contributed by atoms with van der Waals surface area (Å²) in [6.07, 6.45) is 1.79. The topological polar surface area (TPSA) is 88.2 Å². The van der Waals surface area contributed by atoms with Crippen LogP contribution >= 0.6 is 0 Å². The summed E-state index contributed by atoms with van der Waals surface area (Å²) in [4.78, 5) is 16.5. The largest absolute Gasteiger partial charge is 0.388 e. The lowest BCUT2D eigenvalue weighted by Crippen LogP contribution is -2.51. The summed E-state index contributed by atoms with van der Waals surface area (Å²) in [5.74, 6) is 0.803. The Morgan fingerprint density at radius 2 is 2.14 bits per heavy atom. The molecule has 22 heavy (non-hydrogen) atoms. The minimum Gasteiger partial charge on any atom is -0.388 e. The van der Waals surface area contributed by atoms with E-state index in [2.05, 4.69) is 15.5 Å². The molecule has 1 saturated carbocycles. The second kappa shape index (κ2) is 5.88. The number of carbonyl (C=O) groups is 1. The average molecular weight is 301 g/mol. The molecule has 2 aromatic rings. The highest BCUT2D eigenvalue weighted by atomic mass is 16.5. The van der Waals surface area contributed by atoms with E-state index in [-0.39, 0.29) is 12.3 Å². The zero-order valence-corrected chi connectivity index (χ0v) is 12.5. The van der Waals surface area contributed by atoms with Gasteiger partial charge in [-0.25, -0.2) is 0 Å². The van der Waals surface area contributed by atoms with Crippen molar-refractivity contribution in [2.75, 3.05) is 0 Å². The van der Waals surface area contributed by atoms with Gasteiger partial charge in [0.25, 0.3) is 0 Å². The first-order valence-electron chi connectivity index (χ1n) is 7.44. The van der Waals surface area contributed by atoms with Crippen LogP contribution in [-0.4, -0.2) is 21.2 Å². The predicted molar refractivity (Wildman–Crippen MR) is 78.7 cm³/mol. The number of nitrogens with zero attached hydrogens (tertiary/aromatic N) is 2. The molecule has 2 N–H and O–H groups in total. The predicted octanol–water partition coefficient (Wildman–Crippen LogP) is 2.00. The summed E-state index contributed by atoms with van der Waals surface area (Å²) in [7, 11) is 0. The van der Waals surface area contributed by atoms with Gasteiger partial charge in [-0.2, -0.15) is 4.98 Å².